The van der Waals surface area contributed by atoms with Gasteiger partial charge in [-0.05, 0) is 55.0 Å². The quantitative estimate of drug-likeness (QED) is 0.759. The van der Waals surface area contributed by atoms with Gasteiger partial charge in [-0.15, -0.1) is 0 Å². The number of nitrogens with zero attached hydrogens (tertiary/aromatic N) is 1. The van der Waals surface area contributed by atoms with Crippen LogP contribution in [0.1, 0.15) is 44.2 Å². The van der Waals surface area contributed by atoms with Gasteiger partial charge in [0.2, 0.25) is 0 Å². The number of amides is 2. The van der Waals surface area contributed by atoms with Crippen molar-refractivity contribution in [3.8, 4) is 0 Å². The molecule has 128 valence electrons. The molecule has 4 heteroatoms. The van der Waals surface area contributed by atoms with E-state index in [1.54, 1.807) is 0 Å². The minimum absolute atomic E-state index is 0.0103. The third-order valence-electron chi connectivity index (χ3n) is 4.67. The second kappa shape index (κ2) is 7.67. The molecule has 0 spiro atoms. The van der Waals surface area contributed by atoms with Gasteiger partial charge in [0.05, 0.1) is 6.04 Å². The smallest absolute Gasteiger partial charge is 0.318 e. The first-order valence-electron chi connectivity index (χ1n) is 8.85. The summed E-state index contributed by atoms with van der Waals surface area (Å²) in [7, 11) is 0. The second-order valence-electron chi connectivity index (χ2n) is 6.63. The van der Waals surface area contributed by atoms with Crippen molar-refractivity contribution in [1.29, 1.82) is 0 Å². The summed E-state index contributed by atoms with van der Waals surface area (Å²) >= 11 is 0. The molecule has 2 aromatic rings. The predicted octanol–water partition coefficient (Wildman–Crippen LogP) is 3.85. The normalized spacial score (nSPS) is 15.2. The number of urea groups is 1. The van der Waals surface area contributed by atoms with Gasteiger partial charge in [-0.25, -0.2) is 4.79 Å². The Hall–Kier alpha value is -2.07. The van der Waals surface area contributed by atoms with Crippen molar-refractivity contribution in [3.63, 3.8) is 0 Å². The Morgan fingerprint density at radius 2 is 1.96 bits per heavy atom. The molecule has 4 nitrogen and oxygen atoms in total. The molecule has 1 saturated carbocycles. The molecule has 1 aliphatic rings. The molecule has 1 unspecified atom stereocenters. The minimum atomic E-state index is -0.0267. The lowest BCUT2D eigenvalue weighted by atomic mass is 10.0. The highest BCUT2D eigenvalue weighted by atomic mass is 16.3. The number of aliphatic hydroxyl groups excluding tert-OH is 1. The number of carbonyl (C=O) groups is 1. The van der Waals surface area contributed by atoms with Crippen molar-refractivity contribution in [2.75, 3.05) is 13.2 Å². The molecule has 0 heterocycles. The first kappa shape index (κ1) is 16.8. The van der Waals surface area contributed by atoms with E-state index in [9.17, 15) is 4.79 Å². The maximum atomic E-state index is 12.6. The predicted molar refractivity (Wildman–Crippen MR) is 96.9 cm³/mol. The van der Waals surface area contributed by atoms with Gasteiger partial charge in [-0.1, -0.05) is 36.4 Å². The monoisotopic (exact) mass is 326 g/mol. The first-order valence-corrected chi connectivity index (χ1v) is 8.85. The lowest BCUT2D eigenvalue weighted by Crippen LogP contribution is -2.42. The van der Waals surface area contributed by atoms with Crippen LogP contribution in [0.5, 0.6) is 0 Å². The zero-order valence-electron chi connectivity index (χ0n) is 14.2. The van der Waals surface area contributed by atoms with E-state index >= 15 is 0 Å². The van der Waals surface area contributed by atoms with E-state index in [1.807, 2.05) is 24.0 Å². The topological polar surface area (TPSA) is 52.6 Å². The van der Waals surface area contributed by atoms with Crippen molar-refractivity contribution in [1.82, 2.24) is 10.2 Å². The van der Waals surface area contributed by atoms with Crippen LogP contribution in [0.4, 0.5) is 4.79 Å². The molecular formula is C20H26N2O2. The number of unbranched alkanes of at least 4 members (excludes halogenated alkanes) is 1. The molecule has 2 aromatic carbocycles. The van der Waals surface area contributed by atoms with Crippen LogP contribution >= 0.6 is 0 Å². The lowest BCUT2D eigenvalue weighted by molar-refractivity contribution is 0.187. The number of rotatable bonds is 7. The van der Waals surface area contributed by atoms with E-state index in [2.05, 4.69) is 35.6 Å². The lowest BCUT2D eigenvalue weighted by Gasteiger charge is -2.25. The van der Waals surface area contributed by atoms with Crippen LogP contribution in [-0.2, 0) is 0 Å². The summed E-state index contributed by atoms with van der Waals surface area (Å²) in [5, 5.41) is 14.5. The Balaban J connectivity index is 1.65. The molecule has 3 rings (SSSR count). The highest BCUT2D eigenvalue weighted by Crippen LogP contribution is 2.28. The molecule has 0 aromatic heterocycles. The Bertz CT molecular complexity index is 697. The minimum Gasteiger partial charge on any atom is -0.396 e. The summed E-state index contributed by atoms with van der Waals surface area (Å²) in [6.07, 6.45) is 3.79. The third-order valence-corrected chi connectivity index (χ3v) is 4.67. The standard InChI is InChI=1S/C20H26N2O2/c1-15(17-9-8-16-6-2-3-7-18(16)14-17)21-20(24)22(19-10-11-19)12-4-5-13-23/h2-3,6-9,14-15,19,23H,4-5,10-13H2,1H3,(H,21,24). The van der Waals surface area contributed by atoms with Gasteiger partial charge in [0.25, 0.3) is 0 Å². The molecule has 1 atom stereocenters. The molecular weight excluding hydrogens is 300 g/mol. The Labute approximate surface area is 143 Å². The molecule has 2 N–H and O–H groups in total. The Morgan fingerprint density at radius 1 is 1.21 bits per heavy atom. The number of aliphatic hydroxyl groups is 1. The Morgan fingerprint density at radius 3 is 2.67 bits per heavy atom. The van der Waals surface area contributed by atoms with Crippen LogP contribution in [0.15, 0.2) is 42.5 Å². The highest BCUT2D eigenvalue weighted by Gasteiger charge is 2.32. The second-order valence-corrected chi connectivity index (χ2v) is 6.63. The van der Waals surface area contributed by atoms with E-state index in [1.165, 1.54) is 10.8 Å². The number of nitrogens with one attached hydrogen (secondary N) is 1. The van der Waals surface area contributed by atoms with Crippen molar-refractivity contribution >= 4 is 16.8 Å². The Kier molecular flexibility index (Phi) is 5.36. The van der Waals surface area contributed by atoms with Crippen LogP contribution in [0.3, 0.4) is 0 Å². The van der Waals surface area contributed by atoms with Crippen LogP contribution in [0.25, 0.3) is 10.8 Å². The van der Waals surface area contributed by atoms with E-state index in [0.29, 0.717) is 6.04 Å². The summed E-state index contributed by atoms with van der Waals surface area (Å²) in [5.41, 5.74) is 1.12. The number of carbonyl (C=O) groups excluding carboxylic acids is 1. The SMILES string of the molecule is CC(NC(=O)N(CCCCO)C1CC1)c1ccc2ccccc2c1. The molecule has 0 bridgehead atoms. The fourth-order valence-electron chi connectivity index (χ4n) is 3.06. The van der Waals surface area contributed by atoms with Gasteiger partial charge < -0.3 is 15.3 Å². The molecule has 0 radical (unpaired) electrons. The largest absolute Gasteiger partial charge is 0.396 e. The van der Waals surface area contributed by atoms with Gasteiger partial charge in [-0.2, -0.15) is 0 Å². The van der Waals surface area contributed by atoms with Crippen molar-refractivity contribution < 1.29 is 9.90 Å². The maximum Gasteiger partial charge on any atom is 0.318 e. The summed E-state index contributed by atoms with van der Waals surface area (Å²) in [6.45, 7) is 2.94. The molecule has 0 saturated heterocycles. The van der Waals surface area contributed by atoms with Gasteiger partial charge in [-0.3, -0.25) is 0 Å². The number of hydrogen-bond donors (Lipinski definition) is 2. The average Bonchev–Trinajstić information content (AvgIpc) is 3.43. The van der Waals surface area contributed by atoms with Crippen LogP contribution in [0.2, 0.25) is 0 Å². The van der Waals surface area contributed by atoms with E-state index < -0.39 is 0 Å². The number of benzene rings is 2. The van der Waals surface area contributed by atoms with Gasteiger partial charge in [0, 0.05) is 19.2 Å². The van der Waals surface area contributed by atoms with Crippen molar-refractivity contribution in [2.24, 2.45) is 0 Å². The number of fused-ring (bicyclic) bond motifs is 1. The maximum absolute atomic E-state index is 12.6. The molecule has 1 fully saturated rings. The summed E-state index contributed by atoms with van der Waals surface area (Å²) in [5.74, 6) is 0. The molecule has 1 aliphatic carbocycles. The van der Waals surface area contributed by atoms with E-state index in [-0.39, 0.29) is 18.7 Å². The van der Waals surface area contributed by atoms with Crippen LogP contribution in [0, 0.1) is 0 Å². The van der Waals surface area contributed by atoms with Gasteiger partial charge in [0.1, 0.15) is 0 Å². The summed E-state index contributed by atoms with van der Waals surface area (Å²) < 4.78 is 0. The van der Waals surface area contributed by atoms with Crippen molar-refractivity contribution in [2.45, 2.75) is 44.7 Å². The highest BCUT2D eigenvalue weighted by molar-refractivity contribution is 5.83. The van der Waals surface area contributed by atoms with E-state index in [4.69, 9.17) is 5.11 Å². The fraction of sp³-hybridized carbons (Fsp3) is 0.450. The van der Waals surface area contributed by atoms with Crippen LogP contribution in [-0.4, -0.2) is 35.2 Å². The van der Waals surface area contributed by atoms with Gasteiger partial charge in [0.15, 0.2) is 0 Å². The average molecular weight is 326 g/mol. The zero-order chi connectivity index (χ0) is 16.9. The first-order chi connectivity index (χ1) is 11.7. The van der Waals surface area contributed by atoms with Crippen molar-refractivity contribution in [3.05, 3.63) is 48.0 Å². The molecule has 24 heavy (non-hydrogen) atoms. The van der Waals surface area contributed by atoms with Crippen LogP contribution < -0.4 is 5.32 Å². The summed E-state index contributed by atoms with van der Waals surface area (Å²) in [6, 6.07) is 15.0. The third kappa shape index (κ3) is 4.06. The van der Waals surface area contributed by atoms with E-state index in [0.717, 1.165) is 37.8 Å². The molecule has 0 aliphatic heterocycles. The zero-order valence-corrected chi connectivity index (χ0v) is 14.2. The number of hydrogen-bond acceptors (Lipinski definition) is 2. The molecule has 2 amide bonds. The van der Waals surface area contributed by atoms with Gasteiger partial charge >= 0.3 is 6.03 Å². The summed E-state index contributed by atoms with van der Waals surface area (Å²) in [4.78, 5) is 14.6. The fourth-order valence-corrected chi connectivity index (χ4v) is 3.06.